The molecule has 35 heavy (non-hydrogen) atoms. The van der Waals surface area contributed by atoms with E-state index in [4.69, 9.17) is 19.3 Å². The van der Waals surface area contributed by atoms with E-state index in [9.17, 15) is 0 Å². The van der Waals surface area contributed by atoms with E-state index >= 15 is 0 Å². The summed E-state index contributed by atoms with van der Waals surface area (Å²) in [6, 6.07) is 5.82. The van der Waals surface area contributed by atoms with Gasteiger partial charge in [0.05, 0.1) is 44.5 Å². The standard InChI is InChI=1S/C25H25N7O3/c1-31-25-19(22(30-31)20-21(14-5-6-14)27-13-29-24(20)35-4)17-10-26-12-28-23(17)32(25)11-15-7-8-16(33-2)9-18(15)34-3/h7-10,12-14H,5-6,11H2,1-4H3. The molecule has 0 radical (unpaired) electrons. The van der Waals surface area contributed by atoms with Crippen LogP contribution in [0.3, 0.4) is 0 Å². The predicted molar refractivity (Wildman–Crippen MR) is 130 cm³/mol. The minimum Gasteiger partial charge on any atom is -0.497 e. The Balaban J connectivity index is 1.62. The zero-order valence-corrected chi connectivity index (χ0v) is 20.0. The van der Waals surface area contributed by atoms with E-state index in [0.717, 1.165) is 68.9 Å². The van der Waals surface area contributed by atoms with E-state index in [1.807, 2.05) is 36.1 Å². The number of ether oxygens (including phenoxy) is 3. The number of hydrogen-bond donors (Lipinski definition) is 0. The van der Waals surface area contributed by atoms with Gasteiger partial charge in [0.1, 0.15) is 41.1 Å². The molecule has 0 amide bonds. The molecule has 6 rings (SSSR count). The summed E-state index contributed by atoms with van der Waals surface area (Å²) in [7, 11) is 6.87. The fourth-order valence-corrected chi connectivity index (χ4v) is 4.79. The van der Waals surface area contributed by atoms with Gasteiger partial charge in [0.25, 0.3) is 0 Å². The lowest BCUT2D eigenvalue weighted by atomic mass is 10.1. The van der Waals surface area contributed by atoms with Crippen molar-refractivity contribution < 1.29 is 14.2 Å². The quantitative estimate of drug-likeness (QED) is 0.354. The van der Waals surface area contributed by atoms with Crippen LogP contribution in [-0.4, -0.2) is 55.6 Å². The number of rotatable bonds is 7. The minimum atomic E-state index is 0.395. The van der Waals surface area contributed by atoms with Gasteiger partial charge < -0.3 is 18.8 Å². The van der Waals surface area contributed by atoms with Crippen LogP contribution in [0.1, 0.15) is 30.0 Å². The number of hydrogen-bond acceptors (Lipinski definition) is 8. The summed E-state index contributed by atoms with van der Waals surface area (Å²) < 4.78 is 20.7. The van der Waals surface area contributed by atoms with Gasteiger partial charge in [-0.05, 0) is 25.0 Å². The molecule has 10 nitrogen and oxygen atoms in total. The van der Waals surface area contributed by atoms with Crippen LogP contribution in [0.25, 0.3) is 33.3 Å². The van der Waals surface area contributed by atoms with Crippen molar-refractivity contribution in [2.45, 2.75) is 25.3 Å². The van der Waals surface area contributed by atoms with Gasteiger partial charge in [0.15, 0.2) is 0 Å². The van der Waals surface area contributed by atoms with Gasteiger partial charge in [-0.1, -0.05) is 0 Å². The Labute approximate surface area is 201 Å². The molecular weight excluding hydrogens is 446 g/mol. The van der Waals surface area contributed by atoms with Gasteiger partial charge in [-0.15, -0.1) is 0 Å². The Morgan fingerprint density at radius 3 is 2.60 bits per heavy atom. The summed E-state index contributed by atoms with van der Waals surface area (Å²) in [5.74, 6) is 2.40. The fraction of sp³-hybridized carbons (Fsp3) is 0.320. The summed E-state index contributed by atoms with van der Waals surface area (Å²) in [6.07, 6.45) is 7.18. The van der Waals surface area contributed by atoms with Gasteiger partial charge in [0.2, 0.25) is 5.88 Å². The molecule has 1 saturated carbocycles. The maximum absolute atomic E-state index is 5.68. The van der Waals surface area contributed by atoms with Crippen LogP contribution >= 0.6 is 0 Å². The van der Waals surface area contributed by atoms with Crippen LogP contribution < -0.4 is 14.2 Å². The second kappa shape index (κ2) is 8.23. The van der Waals surface area contributed by atoms with Crippen molar-refractivity contribution >= 4 is 22.1 Å². The van der Waals surface area contributed by atoms with Crippen molar-refractivity contribution in [3.05, 3.63) is 48.3 Å². The van der Waals surface area contributed by atoms with Crippen molar-refractivity contribution in [2.75, 3.05) is 21.3 Å². The fourth-order valence-electron chi connectivity index (χ4n) is 4.79. The lowest BCUT2D eigenvalue weighted by Gasteiger charge is -2.12. The van der Waals surface area contributed by atoms with Crippen molar-refractivity contribution in [3.8, 4) is 28.6 Å². The molecule has 178 valence electrons. The molecule has 4 aromatic heterocycles. The normalized spacial score (nSPS) is 13.5. The molecule has 0 unspecified atom stereocenters. The third kappa shape index (κ3) is 3.36. The molecule has 10 heteroatoms. The Morgan fingerprint density at radius 2 is 1.86 bits per heavy atom. The van der Waals surface area contributed by atoms with Gasteiger partial charge in [0, 0.05) is 36.2 Å². The zero-order valence-electron chi connectivity index (χ0n) is 20.0. The van der Waals surface area contributed by atoms with Crippen LogP contribution in [-0.2, 0) is 13.6 Å². The summed E-state index contributed by atoms with van der Waals surface area (Å²) in [6.45, 7) is 0.529. The maximum Gasteiger partial charge on any atom is 0.226 e. The molecule has 0 atom stereocenters. The Bertz CT molecular complexity index is 1570. The average Bonchev–Trinajstić information content (AvgIpc) is 3.62. The Hall–Kier alpha value is -4.21. The number of fused-ring (bicyclic) bond motifs is 3. The molecule has 0 saturated heterocycles. The van der Waals surface area contributed by atoms with E-state index in [1.54, 1.807) is 34.0 Å². The van der Waals surface area contributed by atoms with E-state index < -0.39 is 0 Å². The number of benzene rings is 1. The highest BCUT2D eigenvalue weighted by Gasteiger charge is 2.33. The summed E-state index contributed by atoms with van der Waals surface area (Å²) in [5.41, 5.74) is 5.32. The first-order valence-corrected chi connectivity index (χ1v) is 11.4. The topological polar surface area (TPSA) is 102 Å². The van der Waals surface area contributed by atoms with E-state index in [1.165, 1.54) is 0 Å². The highest BCUT2D eigenvalue weighted by molar-refractivity contribution is 6.12. The first-order chi connectivity index (χ1) is 17.1. The highest BCUT2D eigenvalue weighted by Crippen LogP contribution is 2.47. The summed E-state index contributed by atoms with van der Waals surface area (Å²) >= 11 is 0. The number of aryl methyl sites for hydroxylation is 1. The SMILES string of the molecule is COc1ccc(Cn2c3ncncc3c3c(-c4c(OC)ncnc4C4CC4)nn(C)c32)c(OC)c1. The first-order valence-electron chi connectivity index (χ1n) is 11.4. The van der Waals surface area contributed by atoms with E-state index in [2.05, 4.69) is 24.5 Å². The predicted octanol–water partition coefficient (Wildman–Crippen LogP) is 3.73. The van der Waals surface area contributed by atoms with Gasteiger partial charge in [-0.2, -0.15) is 5.10 Å². The monoisotopic (exact) mass is 471 g/mol. The van der Waals surface area contributed by atoms with Crippen LogP contribution in [0.5, 0.6) is 17.4 Å². The summed E-state index contributed by atoms with van der Waals surface area (Å²) in [4.78, 5) is 18.0. The maximum atomic E-state index is 5.68. The summed E-state index contributed by atoms with van der Waals surface area (Å²) in [5, 5.41) is 6.81. The average molecular weight is 472 g/mol. The largest absolute Gasteiger partial charge is 0.497 e. The smallest absolute Gasteiger partial charge is 0.226 e. The second-order valence-electron chi connectivity index (χ2n) is 8.61. The van der Waals surface area contributed by atoms with Crippen LogP contribution in [0, 0.1) is 0 Å². The lowest BCUT2D eigenvalue weighted by molar-refractivity contribution is 0.390. The number of nitrogens with zero attached hydrogens (tertiary/aromatic N) is 7. The first kappa shape index (κ1) is 21.3. The van der Waals surface area contributed by atoms with Crippen LogP contribution in [0.2, 0.25) is 0 Å². The molecule has 5 aromatic rings. The lowest BCUT2D eigenvalue weighted by Crippen LogP contribution is -2.06. The molecule has 4 heterocycles. The molecule has 1 fully saturated rings. The van der Waals surface area contributed by atoms with E-state index in [0.29, 0.717) is 18.3 Å². The van der Waals surface area contributed by atoms with Crippen molar-refractivity contribution in [3.63, 3.8) is 0 Å². The molecule has 0 bridgehead atoms. The van der Waals surface area contributed by atoms with Crippen molar-refractivity contribution in [2.24, 2.45) is 7.05 Å². The van der Waals surface area contributed by atoms with Crippen LogP contribution in [0.4, 0.5) is 0 Å². The highest BCUT2D eigenvalue weighted by atomic mass is 16.5. The third-order valence-corrected chi connectivity index (χ3v) is 6.55. The number of methoxy groups -OCH3 is 3. The van der Waals surface area contributed by atoms with Gasteiger partial charge >= 0.3 is 0 Å². The van der Waals surface area contributed by atoms with Crippen molar-refractivity contribution in [1.82, 2.24) is 34.3 Å². The minimum absolute atomic E-state index is 0.395. The molecule has 0 N–H and O–H groups in total. The molecule has 0 spiro atoms. The molecule has 0 aliphatic heterocycles. The van der Waals surface area contributed by atoms with Gasteiger partial charge in [-0.25, -0.2) is 19.9 Å². The Morgan fingerprint density at radius 1 is 1.00 bits per heavy atom. The van der Waals surface area contributed by atoms with E-state index in [-0.39, 0.29) is 0 Å². The Kier molecular flexibility index (Phi) is 5.01. The van der Waals surface area contributed by atoms with Gasteiger partial charge in [-0.3, -0.25) is 4.68 Å². The molecule has 1 aliphatic rings. The molecule has 1 aliphatic carbocycles. The van der Waals surface area contributed by atoms with Crippen LogP contribution in [0.15, 0.2) is 37.1 Å². The second-order valence-corrected chi connectivity index (χ2v) is 8.61. The zero-order chi connectivity index (χ0) is 24.1. The molecular formula is C25H25N7O3. The molecule has 1 aromatic carbocycles. The van der Waals surface area contributed by atoms with Crippen molar-refractivity contribution in [1.29, 1.82) is 0 Å². The number of aromatic nitrogens is 7. The third-order valence-electron chi connectivity index (χ3n) is 6.55.